The van der Waals surface area contributed by atoms with Crippen molar-refractivity contribution < 1.29 is 4.74 Å². The lowest BCUT2D eigenvalue weighted by molar-refractivity contribution is 0.313. The van der Waals surface area contributed by atoms with Gasteiger partial charge in [0.15, 0.2) is 0 Å². The highest BCUT2D eigenvalue weighted by molar-refractivity contribution is 6.38. The summed E-state index contributed by atoms with van der Waals surface area (Å²) in [6.45, 7) is 4.32. The summed E-state index contributed by atoms with van der Waals surface area (Å²) in [5.41, 5.74) is 2.61. The molecule has 1 aromatic carbocycles. The van der Waals surface area contributed by atoms with Gasteiger partial charge >= 0.3 is 6.01 Å². The van der Waals surface area contributed by atoms with Gasteiger partial charge in [0.25, 0.3) is 5.78 Å². The van der Waals surface area contributed by atoms with Gasteiger partial charge in [-0.2, -0.15) is 14.5 Å². The molecular weight excluding hydrogens is 311 g/mol. The normalized spacial score (nSPS) is 11.0. The summed E-state index contributed by atoms with van der Waals surface area (Å²) in [4.78, 5) is 8.36. The molecular formula is C14H12Cl2N4O. The van der Waals surface area contributed by atoms with Gasteiger partial charge in [0, 0.05) is 0 Å². The van der Waals surface area contributed by atoms with Crippen LogP contribution in [-0.4, -0.2) is 26.2 Å². The van der Waals surface area contributed by atoms with Crippen LogP contribution in [0.25, 0.3) is 16.9 Å². The minimum atomic E-state index is 0.226. The average Bonchev–Trinajstić information content (AvgIpc) is 2.82. The molecule has 5 nitrogen and oxygen atoms in total. The molecule has 108 valence electrons. The van der Waals surface area contributed by atoms with Gasteiger partial charge in [-0.25, -0.2) is 0 Å². The van der Waals surface area contributed by atoms with Crippen molar-refractivity contribution in [3.63, 3.8) is 0 Å². The Labute approximate surface area is 131 Å². The van der Waals surface area contributed by atoms with Crippen molar-refractivity contribution in [3.8, 4) is 17.1 Å². The first-order valence-electron chi connectivity index (χ1n) is 6.41. The van der Waals surface area contributed by atoms with Gasteiger partial charge in [-0.05, 0) is 19.4 Å². The molecule has 2 aromatic heterocycles. The molecule has 0 saturated carbocycles. The molecule has 0 aliphatic carbocycles. The Kier molecular flexibility index (Phi) is 3.69. The summed E-state index contributed by atoms with van der Waals surface area (Å²) in [7, 11) is 0. The van der Waals surface area contributed by atoms with E-state index in [1.807, 2.05) is 38.1 Å². The number of aryl methyl sites for hydroxylation is 1. The molecule has 0 aliphatic rings. The molecule has 0 atom stereocenters. The second-order valence-electron chi connectivity index (χ2n) is 4.48. The Morgan fingerprint density at radius 1 is 1.24 bits per heavy atom. The maximum atomic E-state index is 6.43. The number of rotatable bonds is 3. The van der Waals surface area contributed by atoms with E-state index in [1.165, 1.54) is 4.52 Å². The number of halogens is 2. The molecule has 0 radical (unpaired) electrons. The zero-order valence-electron chi connectivity index (χ0n) is 11.5. The number of ether oxygens (including phenoxy) is 1. The van der Waals surface area contributed by atoms with Gasteiger partial charge in [-0.3, -0.25) is 0 Å². The van der Waals surface area contributed by atoms with Gasteiger partial charge in [-0.1, -0.05) is 53.0 Å². The Balaban J connectivity index is 2.23. The smallest absolute Gasteiger partial charge is 0.337 e. The maximum absolute atomic E-state index is 6.43. The lowest BCUT2D eigenvalue weighted by Gasteiger charge is -2.08. The zero-order valence-corrected chi connectivity index (χ0v) is 13.0. The molecule has 0 fully saturated rings. The monoisotopic (exact) mass is 322 g/mol. The summed E-state index contributed by atoms with van der Waals surface area (Å²) in [6.07, 6.45) is 0. The fourth-order valence-corrected chi connectivity index (χ4v) is 2.69. The second-order valence-corrected chi connectivity index (χ2v) is 5.19. The summed E-state index contributed by atoms with van der Waals surface area (Å²) in [6, 6.07) is 8.08. The third kappa shape index (κ3) is 2.54. The van der Waals surface area contributed by atoms with Crippen molar-refractivity contribution in [1.82, 2.24) is 19.6 Å². The quantitative estimate of drug-likeness (QED) is 0.688. The third-order valence-corrected chi connectivity index (χ3v) is 3.57. The predicted octanol–water partition coefficient (Wildman–Crippen LogP) is 3.81. The Hall–Kier alpha value is -1.85. The van der Waals surface area contributed by atoms with Crippen molar-refractivity contribution >= 4 is 29.0 Å². The third-order valence-electron chi connectivity index (χ3n) is 2.95. The summed E-state index contributed by atoms with van der Waals surface area (Å²) < 4.78 is 6.69. The minimum Gasteiger partial charge on any atom is -0.463 e. The molecule has 0 unspecified atom stereocenters. The summed E-state index contributed by atoms with van der Waals surface area (Å²) in [5.74, 6) is 0.310. The molecule has 0 saturated heterocycles. The van der Waals surface area contributed by atoms with Crippen molar-refractivity contribution in [2.24, 2.45) is 0 Å². The van der Waals surface area contributed by atoms with Crippen LogP contribution in [0.1, 0.15) is 12.5 Å². The van der Waals surface area contributed by atoms with Crippen LogP contribution in [-0.2, 0) is 0 Å². The van der Waals surface area contributed by atoms with Crippen LogP contribution in [0, 0.1) is 6.92 Å². The molecule has 3 aromatic rings. The largest absolute Gasteiger partial charge is 0.463 e. The van der Waals surface area contributed by atoms with E-state index < -0.39 is 0 Å². The Bertz CT molecular complexity index is 816. The van der Waals surface area contributed by atoms with Gasteiger partial charge in [0.05, 0.1) is 12.2 Å². The van der Waals surface area contributed by atoms with Crippen LogP contribution in [0.5, 0.6) is 6.01 Å². The Morgan fingerprint density at radius 2 is 2.05 bits per heavy atom. The summed E-state index contributed by atoms with van der Waals surface area (Å²) in [5, 5.41) is 4.82. The lowest BCUT2D eigenvalue weighted by atomic mass is 10.1. The standard InChI is InChI=1S/C14H12Cl2N4O/c1-3-21-14-18-13-17-11(15)10(12(16)20(13)19-14)9-6-4-5-8(2)7-9/h4-7H,3H2,1-2H3. The van der Waals surface area contributed by atoms with Crippen LogP contribution < -0.4 is 4.74 Å². The van der Waals surface area contributed by atoms with Crippen molar-refractivity contribution in [2.75, 3.05) is 6.61 Å². The molecule has 0 N–H and O–H groups in total. The van der Waals surface area contributed by atoms with Crippen molar-refractivity contribution in [3.05, 3.63) is 40.1 Å². The van der Waals surface area contributed by atoms with E-state index in [2.05, 4.69) is 15.1 Å². The van der Waals surface area contributed by atoms with Crippen molar-refractivity contribution in [1.29, 1.82) is 0 Å². The zero-order chi connectivity index (χ0) is 15.0. The highest BCUT2D eigenvalue weighted by Gasteiger charge is 2.18. The highest BCUT2D eigenvalue weighted by Crippen LogP contribution is 2.34. The topological polar surface area (TPSA) is 52.3 Å². The number of hydrogen-bond acceptors (Lipinski definition) is 4. The number of benzene rings is 1. The number of hydrogen-bond donors (Lipinski definition) is 0. The minimum absolute atomic E-state index is 0.226. The SMILES string of the molecule is CCOc1nc2nc(Cl)c(-c3cccc(C)c3)c(Cl)n2n1. The van der Waals surface area contributed by atoms with Crippen LogP contribution in [0.15, 0.2) is 24.3 Å². The van der Waals surface area contributed by atoms with Gasteiger partial charge in [0.2, 0.25) is 0 Å². The van der Waals surface area contributed by atoms with Crippen molar-refractivity contribution in [2.45, 2.75) is 13.8 Å². The summed E-state index contributed by atoms with van der Waals surface area (Å²) >= 11 is 12.7. The van der Waals surface area contributed by atoms with Gasteiger partial charge in [0.1, 0.15) is 10.3 Å². The van der Waals surface area contributed by atoms with E-state index in [4.69, 9.17) is 27.9 Å². The fraction of sp³-hybridized carbons (Fsp3) is 0.214. The Morgan fingerprint density at radius 3 is 2.76 bits per heavy atom. The number of fused-ring (bicyclic) bond motifs is 1. The molecule has 0 spiro atoms. The molecule has 2 heterocycles. The molecule has 21 heavy (non-hydrogen) atoms. The van der Waals surface area contributed by atoms with E-state index in [-0.39, 0.29) is 11.2 Å². The number of aromatic nitrogens is 4. The van der Waals surface area contributed by atoms with E-state index in [9.17, 15) is 0 Å². The maximum Gasteiger partial charge on any atom is 0.337 e. The molecule has 3 rings (SSSR count). The van der Waals surface area contributed by atoms with Crippen LogP contribution in [0.3, 0.4) is 0 Å². The molecule has 0 aliphatic heterocycles. The lowest BCUT2D eigenvalue weighted by Crippen LogP contribution is -1.98. The van der Waals surface area contributed by atoms with E-state index in [0.29, 0.717) is 23.1 Å². The average molecular weight is 323 g/mol. The second kappa shape index (κ2) is 5.50. The van der Waals surface area contributed by atoms with E-state index in [0.717, 1.165) is 11.1 Å². The van der Waals surface area contributed by atoms with Gasteiger partial charge < -0.3 is 4.74 Å². The van der Waals surface area contributed by atoms with E-state index >= 15 is 0 Å². The molecule has 7 heteroatoms. The van der Waals surface area contributed by atoms with Crippen LogP contribution in [0.2, 0.25) is 10.3 Å². The first-order valence-corrected chi connectivity index (χ1v) is 7.17. The van der Waals surface area contributed by atoms with E-state index in [1.54, 1.807) is 0 Å². The highest BCUT2D eigenvalue weighted by atomic mass is 35.5. The fourth-order valence-electron chi connectivity index (χ4n) is 2.05. The molecule has 0 amide bonds. The number of nitrogens with zero attached hydrogens (tertiary/aromatic N) is 4. The molecule has 0 bridgehead atoms. The first kappa shape index (κ1) is 14.1. The first-order chi connectivity index (χ1) is 10.1. The van der Waals surface area contributed by atoms with Crippen LogP contribution in [0.4, 0.5) is 0 Å². The van der Waals surface area contributed by atoms with Crippen LogP contribution >= 0.6 is 23.2 Å². The predicted molar refractivity (Wildman–Crippen MR) is 82.1 cm³/mol. The van der Waals surface area contributed by atoms with Gasteiger partial charge in [-0.15, -0.1) is 5.10 Å².